The van der Waals surface area contributed by atoms with E-state index in [1.807, 2.05) is 0 Å². The highest BCUT2D eigenvalue weighted by molar-refractivity contribution is 5.67. The van der Waals surface area contributed by atoms with Gasteiger partial charge in [-0.2, -0.15) is 0 Å². The lowest BCUT2D eigenvalue weighted by Gasteiger charge is -2.23. The van der Waals surface area contributed by atoms with E-state index in [2.05, 4.69) is 14.8 Å². The maximum atomic E-state index is 12.7. The number of nitrogens with one attached hydrogen (secondary N) is 1. The van der Waals surface area contributed by atoms with Crippen molar-refractivity contribution in [2.75, 3.05) is 19.7 Å². The quantitative estimate of drug-likeness (QED) is 0.606. The fourth-order valence-electron chi connectivity index (χ4n) is 3.11. The Bertz CT molecular complexity index is 830. The number of piperidine rings is 1. The van der Waals surface area contributed by atoms with Crippen LogP contribution in [0.25, 0.3) is 11.1 Å². The number of benzene rings is 2. The van der Waals surface area contributed by atoms with E-state index in [1.165, 1.54) is 24.3 Å². The van der Waals surface area contributed by atoms with Crippen molar-refractivity contribution in [3.8, 4) is 28.4 Å². The third-order valence-corrected chi connectivity index (χ3v) is 4.52. The van der Waals surface area contributed by atoms with Crippen molar-refractivity contribution >= 4 is 0 Å². The van der Waals surface area contributed by atoms with E-state index in [-0.39, 0.29) is 18.3 Å². The highest BCUT2D eigenvalue weighted by Gasteiger charge is 2.33. The Balaban J connectivity index is 1.80. The monoisotopic (exact) mass is 435 g/mol. The van der Waals surface area contributed by atoms with E-state index in [4.69, 9.17) is 4.74 Å². The van der Waals surface area contributed by atoms with Crippen molar-refractivity contribution in [2.24, 2.45) is 5.92 Å². The SMILES string of the molecule is FC(F)(F)Oc1ccc(-c2ccc(OC(F)(F)F)c(OCC3CCNCC3)c2)cc1. The first-order valence-electron chi connectivity index (χ1n) is 9.18. The van der Waals surface area contributed by atoms with Crippen molar-refractivity contribution in [1.82, 2.24) is 5.32 Å². The van der Waals surface area contributed by atoms with Gasteiger partial charge >= 0.3 is 12.7 Å². The Morgan fingerprint density at radius 2 is 1.37 bits per heavy atom. The molecule has 1 N–H and O–H groups in total. The largest absolute Gasteiger partial charge is 0.573 e. The number of alkyl halides is 6. The minimum Gasteiger partial charge on any atom is -0.489 e. The molecule has 1 fully saturated rings. The average molecular weight is 435 g/mol. The molecule has 0 bridgehead atoms. The molecule has 0 saturated carbocycles. The zero-order valence-electron chi connectivity index (χ0n) is 15.6. The molecule has 1 saturated heterocycles. The van der Waals surface area contributed by atoms with E-state index in [0.717, 1.165) is 44.1 Å². The van der Waals surface area contributed by atoms with Crippen LogP contribution in [-0.2, 0) is 0 Å². The van der Waals surface area contributed by atoms with Crippen molar-refractivity contribution in [2.45, 2.75) is 25.6 Å². The number of rotatable bonds is 6. The van der Waals surface area contributed by atoms with Gasteiger partial charge < -0.3 is 19.5 Å². The Kier molecular flexibility index (Phi) is 6.64. The number of hydrogen-bond acceptors (Lipinski definition) is 4. The third kappa shape index (κ3) is 6.72. The van der Waals surface area contributed by atoms with E-state index in [1.54, 1.807) is 0 Å². The van der Waals surface area contributed by atoms with Gasteiger partial charge in [0.1, 0.15) is 5.75 Å². The molecule has 1 aliphatic rings. The molecular formula is C20H19F6NO3. The minimum atomic E-state index is -4.88. The lowest BCUT2D eigenvalue weighted by atomic mass is 9.99. The summed E-state index contributed by atoms with van der Waals surface area (Å²) in [6.45, 7) is 1.86. The lowest BCUT2D eigenvalue weighted by molar-refractivity contribution is -0.275. The summed E-state index contributed by atoms with van der Waals surface area (Å²) < 4.78 is 88.6. The summed E-state index contributed by atoms with van der Waals surface area (Å²) in [6.07, 6.45) is -8.01. The second kappa shape index (κ2) is 9.03. The Labute approximate surface area is 168 Å². The van der Waals surface area contributed by atoms with Crippen LogP contribution < -0.4 is 19.5 Å². The van der Waals surface area contributed by atoms with Gasteiger partial charge in [0.2, 0.25) is 0 Å². The van der Waals surface area contributed by atoms with E-state index >= 15 is 0 Å². The molecular weight excluding hydrogens is 416 g/mol. The molecule has 2 aromatic carbocycles. The van der Waals surface area contributed by atoms with Crippen LogP contribution in [0.3, 0.4) is 0 Å². The standard InChI is InChI=1S/C20H19F6NO3/c21-19(22,23)29-16-4-1-14(2-5-16)15-3-6-17(30-20(24,25)26)18(11-15)28-12-13-7-9-27-10-8-13/h1-6,11,13,27H,7-10,12H2. The van der Waals surface area contributed by atoms with Gasteiger partial charge in [-0.15, -0.1) is 26.3 Å². The predicted molar refractivity (Wildman–Crippen MR) is 96.3 cm³/mol. The molecule has 3 rings (SSSR count). The lowest BCUT2D eigenvalue weighted by Crippen LogP contribution is -2.30. The first-order chi connectivity index (χ1) is 14.1. The van der Waals surface area contributed by atoms with Crippen molar-refractivity contribution in [3.05, 3.63) is 42.5 Å². The first kappa shape index (κ1) is 22.1. The normalized spacial score (nSPS) is 15.7. The Morgan fingerprint density at radius 1 is 0.767 bits per heavy atom. The molecule has 0 amide bonds. The first-order valence-corrected chi connectivity index (χ1v) is 9.18. The molecule has 0 aliphatic carbocycles. The zero-order chi connectivity index (χ0) is 21.8. The average Bonchev–Trinajstić information content (AvgIpc) is 2.66. The highest BCUT2D eigenvalue weighted by atomic mass is 19.4. The van der Waals surface area contributed by atoms with Gasteiger partial charge in [0.15, 0.2) is 11.5 Å². The molecule has 4 nitrogen and oxygen atoms in total. The van der Waals surface area contributed by atoms with Crippen molar-refractivity contribution in [3.63, 3.8) is 0 Å². The number of halogens is 6. The summed E-state index contributed by atoms with van der Waals surface area (Å²) >= 11 is 0. The minimum absolute atomic E-state index is 0.0843. The van der Waals surface area contributed by atoms with Crippen LogP contribution in [0.1, 0.15) is 12.8 Å². The van der Waals surface area contributed by atoms with Crippen LogP contribution >= 0.6 is 0 Å². The number of hydrogen-bond donors (Lipinski definition) is 1. The van der Waals surface area contributed by atoms with Gasteiger partial charge in [-0.25, -0.2) is 0 Å². The summed E-state index contributed by atoms with van der Waals surface area (Å²) in [5.41, 5.74) is 0.943. The molecule has 1 aliphatic heterocycles. The maximum Gasteiger partial charge on any atom is 0.573 e. The molecule has 164 valence electrons. The second-order valence-corrected chi connectivity index (χ2v) is 6.79. The van der Waals surface area contributed by atoms with Crippen LogP contribution in [0.2, 0.25) is 0 Å². The molecule has 30 heavy (non-hydrogen) atoms. The van der Waals surface area contributed by atoms with E-state index < -0.39 is 24.2 Å². The molecule has 0 radical (unpaired) electrons. The molecule has 0 spiro atoms. The molecule has 1 heterocycles. The summed E-state index contributed by atoms with van der Waals surface area (Å²) in [6, 6.07) is 8.87. The van der Waals surface area contributed by atoms with Crippen molar-refractivity contribution in [1.29, 1.82) is 0 Å². The highest BCUT2D eigenvalue weighted by Crippen LogP contribution is 2.37. The predicted octanol–water partition coefficient (Wildman–Crippen LogP) is 5.53. The van der Waals surface area contributed by atoms with Gasteiger partial charge in [0.25, 0.3) is 0 Å². The van der Waals surface area contributed by atoms with Gasteiger partial charge in [-0.05, 0) is 67.2 Å². The summed E-state index contributed by atoms with van der Waals surface area (Å²) in [7, 11) is 0. The van der Waals surface area contributed by atoms with Gasteiger partial charge in [0, 0.05) is 0 Å². The Hall–Kier alpha value is -2.62. The van der Waals surface area contributed by atoms with Gasteiger partial charge in [0.05, 0.1) is 6.61 Å². The van der Waals surface area contributed by atoms with Gasteiger partial charge in [-0.1, -0.05) is 18.2 Å². The number of ether oxygens (including phenoxy) is 3. The third-order valence-electron chi connectivity index (χ3n) is 4.52. The van der Waals surface area contributed by atoms with Gasteiger partial charge in [-0.3, -0.25) is 0 Å². The molecule has 10 heteroatoms. The fourth-order valence-corrected chi connectivity index (χ4v) is 3.11. The smallest absolute Gasteiger partial charge is 0.489 e. The zero-order valence-corrected chi connectivity index (χ0v) is 15.6. The van der Waals surface area contributed by atoms with Crippen LogP contribution in [0.15, 0.2) is 42.5 Å². The summed E-state index contributed by atoms with van der Waals surface area (Å²) in [5.74, 6) is -0.755. The molecule has 0 atom stereocenters. The maximum absolute atomic E-state index is 12.7. The second-order valence-electron chi connectivity index (χ2n) is 6.79. The van der Waals surface area contributed by atoms with Crippen LogP contribution in [0.4, 0.5) is 26.3 Å². The van der Waals surface area contributed by atoms with Crippen LogP contribution in [0.5, 0.6) is 17.2 Å². The topological polar surface area (TPSA) is 39.7 Å². The van der Waals surface area contributed by atoms with Crippen LogP contribution in [0, 0.1) is 5.92 Å². The summed E-state index contributed by atoms with van der Waals surface area (Å²) in [4.78, 5) is 0. The van der Waals surface area contributed by atoms with E-state index in [9.17, 15) is 26.3 Å². The van der Waals surface area contributed by atoms with E-state index in [0.29, 0.717) is 11.1 Å². The molecule has 0 aromatic heterocycles. The Morgan fingerprint density at radius 3 is 1.97 bits per heavy atom. The summed E-state index contributed by atoms with van der Waals surface area (Å²) in [5, 5.41) is 3.19. The molecule has 2 aromatic rings. The molecule has 0 unspecified atom stereocenters. The van der Waals surface area contributed by atoms with Crippen molar-refractivity contribution < 1.29 is 40.6 Å². The fraction of sp³-hybridized carbons (Fsp3) is 0.400. The van der Waals surface area contributed by atoms with Crippen LogP contribution in [-0.4, -0.2) is 32.4 Å².